The first-order chi connectivity index (χ1) is 14.8. The van der Waals surface area contributed by atoms with E-state index in [4.69, 9.17) is 0 Å². The second-order valence-corrected chi connectivity index (χ2v) is 9.79. The second-order valence-electron chi connectivity index (χ2n) is 9.79. The number of benzene rings is 2. The van der Waals surface area contributed by atoms with E-state index < -0.39 is 0 Å². The van der Waals surface area contributed by atoms with Gasteiger partial charge in [-0.2, -0.15) is 0 Å². The summed E-state index contributed by atoms with van der Waals surface area (Å²) >= 11 is 0. The summed E-state index contributed by atoms with van der Waals surface area (Å²) in [5.74, 6) is 3.67. The van der Waals surface area contributed by atoms with Crippen molar-refractivity contribution in [1.82, 2.24) is 25.3 Å². The van der Waals surface area contributed by atoms with Gasteiger partial charge in [-0.3, -0.25) is 0 Å². The topological polar surface area (TPSA) is 68.0 Å². The molecule has 0 atom stereocenters. The third-order valence-electron chi connectivity index (χ3n) is 7.87. The Morgan fingerprint density at radius 1 is 0.833 bits per heavy atom. The summed E-state index contributed by atoms with van der Waals surface area (Å²) in [6, 6.07) is 17.3. The summed E-state index contributed by atoms with van der Waals surface area (Å²) in [4.78, 5) is 0. The summed E-state index contributed by atoms with van der Waals surface area (Å²) < 4.78 is 1.49. The minimum absolute atomic E-state index is 0.434. The molecule has 0 unspecified atom stereocenters. The highest BCUT2D eigenvalue weighted by Crippen LogP contribution is 2.60. The van der Waals surface area contributed by atoms with E-state index in [1.807, 2.05) is 18.2 Å². The minimum Gasteiger partial charge on any atom is -0.338 e. The highest BCUT2D eigenvalue weighted by atomic mass is 15.6. The van der Waals surface area contributed by atoms with Crippen LogP contribution in [0, 0.1) is 17.8 Å². The molecule has 4 bridgehead atoms. The van der Waals surface area contributed by atoms with E-state index in [2.05, 4.69) is 56.3 Å². The van der Waals surface area contributed by atoms with Crippen LogP contribution in [0.1, 0.15) is 44.1 Å². The Bertz CT molecular complexity index is 1220. The molecule has 4 saturated carbocycles. The highest BCUT2D eigenvalue weighted by Gasteiger charge is 2.51. The molecule has 0 saturated heterocycles. The number of tetrazole rings is 1. The molecule has 0 aliphatic heterocycles. The average Bonchev–Trinajstić information content (AvgIpc) is 3.22. The van der Waals surface area contributed by atoms with Gasteiger partial charge in [0.15, 0.2) is 5.82 Å². The first-order valence-electron chi connectivity index (χ1n) is 11.1. The molecule has 30 heavy (non-hydrogen) atoms. The van der Waals surface area contributed by atoms with Crippen molar-refractivity contribution in [3.05, 3.63) is 54.1 Å². The van der Waals surface area contributed by atoms with Crippen LogP contribution in [0.15, 0.2) is 48.5 Å². The molecule has 4 aliphatic carbocycles. The molecule has 4 aromatic rings. The number of hydrogen-bond acceptors (Lipinski definition) is 5. The lowest BCUT2D eigenvalue weighted by Gasteiger charge is -2.57. The second kappa shape index (κ2) is 6.00. The molecule has 1 N–H and O–H groups in total. The molecule has 4 fully saturated rings. The molecule has 2 heterocycles. The van der Waals surface area contributed by atoms with Gasteiger partial charge in [-0.25, -0.2) is 0 Å². The van der Waals surface area contributed by atoms with Gasteiger partial charge in [-0.15, -0.1) is 14.8 Å². The summed E-state index contributed by atoms with van der Waals surface area (Å²) in [6.07, 6.45) is 8.64. The van der Waals surface area contributed by atoms with Crippen LogP contribution in [0.2, 0.25) is 0 Å². The Hall–Kier alpha value is -3.02. The van der Waals surface area contributed by atoms with Gasteiger partial charge < -0.3 is 5.32 Å². The molecule has 0 amide bonds. The number of nitrogens with one attached hydrogen (secondary N) is 1. The van der Waals surface area contributed by atoms with E-state index in [1.165, 1.54) is 43.2 Å². The minimum atomic E-state index is 0.434. The van der Waals surface area contributed by atoms with Gasteiger partial charge in [-0.05, 0) is 89.8 Å². The molecule has 150 valence electrons. The summed E-state index contributed by atoms with van der Waals surface area (Å²) in [6.45, 7) is 0. The fourth-order valence-corrected chi connectivity index (χ4v) is 7.05. The van der Waals surface area contributed by atoms with Crippen LogP contribution in [0.4, 0.5) is 11.5 Å². The van der Waals surface area contributed by atoms with Crippen LogP contribution in [-0.2, 0) is 5.41 Å². The fraction of sp³-hybridized carbons (Fsp3) is 0.417. The summed E-state index contributed by atoms with van der Waals surface area (Å²) in [7, 11) is 0. The van der Waals surface area contributed by atoms with Gasteiger partial charge in [0.2, 0.25) is 5.65 Å². The Balaban J connectivity index is 1.23. The van der Waals surface area contributed by atoms with Gasteiger partial charge >= 0.3 is 0 Å². The molecule has 6 heteroatoms. The lowest BCUT2D eigenvalue weighted by molar-refractivity contribution is -0.00518. The van der Waals surface area contributed by atoms with Gasteiger partial charge in [-0.1, -0.05) is 36.4 Å². The number of hydrogen-bond donors (Lipinski definition) is 1. The maximum atomic E-state index is 4.60. The number of anilines is 2. The molecule has 0 radical (unpaired) electrons. The van der Waals surface area contributed by atoms with Crippen molar-refractivity contribution in [3.63, 3.8) is 0 Å². The predicted molar refractivity (Wildman–Crippen MR) is 116 cm³/mol. The number of rotatable bonds is 3. The van der Waals surface area contributed by atoms with Crippen LogP contribution in [-0.4, -0.2) is 25.3 Å². The van der Waals surface area contributed by atoms with Crippen LogP contribution in [0.5, 0.6) is 0 Å². The maximum absolute atomic E-state index is 4.60. The molecule has 6 nitrogen and oxygen atoms in total. The van der Waals surface area contributed by atoms with Crippen LogP contribution >= 0.6 is 0 Å². The fourth-order valence-electron chi connectivity index (χ4n) is 7.05. The van der Waals surface area contributed by atoms with Crippen molar-refractivity contribution in [2.75, 3.05) is 5.32 Å². The molecular formula is C24H24N6. The normalized spacial score (nSPS) is 29.7. The van der Waals surface area contributed by atoms with Crippen molar-refractivity contribution in [2.24, 2.45) is 17.8 Å². The van der Waals surface area contributed by atoms with E-state index in [-0.39, 0.29) is 0 Å². The van der Waals surface area contributed by atoms with Crippen molar-refractivity contribution in [2.45, 2.75) is 43.9 Å². The molecule has 2 aromatic carbocycles. The summed E-state index contributed by atoms with van der Waals surface area (Å²) in [5.41, 5.74) is 3.70. The zero-order valence-electron chi connectivity index (χ0n) is 16.8. The lowest BCUT2D eigenvalue weighted by Crippen LogP contribution is -2.48. The van der Waals surface area contributed by atoms with Crippen molar-refractivity contribution in [1.29, 1.82) is 0 Å². The third-order valence-corrected chi connectivity index (χ3v) is 7.87. The Morgan fingerprint density at radius 2 is 1.50 bits per heavy atom. The van der Waals surface area contributed by atoms with Gasteiger partial charge in [0.25, 0.3) is 0 Å². The Kier molecular flexibility index (Phi) is 3.35. The monoisotopic (exact) mass is 396 g/mol. The Morgan fingerprint density at radius 3 is 2.20 bits per heavy atom. The van der Waals surface area contributed by atoms with Gasteiger partial charge in [0.05, 0.1) is 0 Å². The smallest absolute Gasteiger partial charge is 0.207 e. The van der Waals surface area contributed by atoms with E-state index in [0.29, 0.717) is 11.1 Å². The largest absolute Gasteiger partial charge is 0.338 e. The first-order valence-corrected chi connectivity index (χ1v) is 11.1. The zero-order valence-corrected chi connectivity index (χ0v) is 16.8. The number of fused-ring (bicyclic) bond motifs is 3. The molecule has 4 aliphatic rings. The van der Waals surface area contributed by atoms with E-state index in [0.717, 1.165) is 40.0 Å². The molecule has 2 aromatic heterocycles. The van der Waals surface area contributed by atoms with E-state index in [9.17, 15) is 0 Å². The van der Waals surface area contributed by atoms with Crippen molar-refractivity contribution < 1.29 is 0 Å². The molecule has 8 rings (SSSR count). The number of aromatic nitrogens is 5. The van der Waals surface area contributed by atoms with E-state index >= 15 is 0 Å². The van der Waals surface area contributed by atoms with Crippen molar-refractivity contribution >= 4 is 27.9 Å². The SMILES string of the molecule is c1ccc2c(c1)c(Nc1ccc(C34CC5CC(CC(C5)C3)C4)cc1)nn1nnnc21. The quantitative estimate of drug-likeness (QED) is 0.534. The van der Waals surface area contributed by atoms with Gasteiger partial charge in [0, 0.05) is 16.5 Å². The zero-order chi connectivity index (χ0) is 19.7. The van der Waals surface area contributed by atoms with Crippen LogP contribution in [0.3, 0.4) is 0 Å². The summed E-state index contributed by atoms with van der Waals surface area (Å²) in [5, 5.41) is 22.0. The number of nitrogens with zero attached hydrogens (tertiary/aromatic N) is 5. The average molecular weight is 396 g/mol. The predicted octanol–water partition coefficient (Wildman–Crippen LogP) is 4.88. The van der Waals surface area contributed by atoms with Gasteiger partial charge in [0.1, 0.15) is 0 Å². The first kappa shape index (κ1) is 16.7. The third kappa shape index (κ3) is 2.42. The standard InChI is InChI=1S/C24H24N6/c1-2-4-21-20(3-1)22(27-30-23(21)26-28-29-30)25-19-7-5-18(6-8-19)24-12-15-9-16(13-24)11-17(10-15)14-24/h1-8,15-17H,9-14H2,(H,25,27). The van der Waals surface area contributed by atoms with Crippen LogP contribution < -0.4 is 5.32 Å². The molecular weight excluding hydrogens is 372 g/mol. The maximum Gasteiger partial charge on any atom is 0.207 e. The van der Waals surface area contributed by atoms with Crippen molar-refractivity contribution in [3.8, 4) is 0 Å². The van der Waals surface area contributed by atoms with Crippen LogP contribution in [0.25, 0.3) is 16.4 Å². The Labute approximate surface area is 174 Å². The highest BCUT2D eigenvalue weighted by molar-refractivity contribution is 6.00. The van der Waals surface area contributed by atoms with E-state index in [1.54, 1.807) is 5.56 Å². The molecule has 0 spiro atoms. The lowest BCUT2D eigenvalue weighted by atomic mass is 9.48.